The molecule has 0 saturated carbocycles. The van der Waals surface area contributed by atoms with Gasteiger partial charge in [0, 0.05) is 0 Å². The first-order valence-corrected chi connectivity index (χ1v) is 10.1. The van der Waals surface area contributed by atoms with Gasteiger partial charge in [-0.3, -0.25) is 10.4 Å². The average Bonchev–Trinajstić information content (AvgIpc) is 3.27. The highest BCUT2D eigenvalue weighted by atomic mass is 16.5. The molecule has 3 aromatic carbocycles. The molecule has 0 amide bonds. The van der Waals surface area contributed by atoms with Crippen LogP contribution in [0.25, 0.3) is 6.08 Å². The fourth-order valence-corrected chi connectivity index (χ4v) is 3.50. The van der Waals surface area contributed by atoms with Crippen LogP contribution in [0.4, 0.5) is 5.69 Å². The van der Waals surface area contributed by atoms with Crippen molar-refractivity contribution in [2.24, 2.45) is 0 Å². The second-order valence-electron chi connectivity index (χ2n) is 7.13. The van der Waals surface area contributed by atoms with Crippen LogP contribution in [0.15, 0.2) is 90.6 Å². The van der Waals surface area contributed by atoms with Crippen molar-refractivity contribution in [3.63, 3.8) is 0 Å². The third-order valence-electron chi connectivity index (χ3n) is 5.24. The molecule has 0 fully saturated rings. The van der Waals surface area contributed by atoms with Gasteiger partial charge in [0.2, 0.25) is 0 Å². The highest BCUT2D eigenvalue weighted by Gasteiger charge is 2.25. The van der Waals surface area contributed by atoms with Crippen LogP contribution in [0.2, 0.25) is 0 Å². The number of allylic oxidation sites excluding steroid dienone is 1. The lowest BCUT2D eigenvalue weighted by molar-refractivity contribution is 0.414. The fourth-order valence-electron chi connectivity index (χ4n) is 3.50. The Labute approximate surface area is 183 Å². The molecule has 0 radical (unpaired) electrons. The van der Waals surface area contributed by atoms with Crippen molar-refractivity contribution < 1.29 is 14.2 Å². The Morgan fingerprint density at radius 2 is 1.19 bits per heavy atom. The molecule has 0 saturated heterocycles. The summed E-state index contributed by atoms with van der Waals surface area (Å²) in [5, 5.41) is 2.15. The number of nitrogens with zero attached hydrogens (tertiary/aromatic N) is 1. The van der Waals surface area contributed by atoms with Crippen LogP contribution in [0.1, 0.15) is 17.2 Å². The van der Waals surface area contributed by atoms with Gasteiger partial charge in [-0.2, -0.15) is 0 Å². The van der Waals surface area contributed by atoms with Crippen LogP contribution in [0.3, 0.4) is 0 Å². The van der Waals surface area contributed by atoms with Gasteiger partial charge in [0.1, 0.15) is 17.2 Å². The Balaban J connectivity index is 1.61. The number of hydrogen-bond acceptors (Lipinski definition) is 5. The summed E-state index contributed by atoms with van der Waals surface area (Å²) in [7, 11) is 5.02. The average molecular weight is 415 g/mol. The van der Waals surface area contributed by atoms with Crippen molar-refractivity contribution >= 4 is 11.8 Å². The van der Waals surface area contributed by atoms with E-state index >= 15 is 0 Å². The minimum Gasteiger partial charge on any atom is -0.497 e. The first-order chi connectivity index (χ1) is 15.2. The molecule has 0 aromatic heterocycles. The van der Waals surface area contributed by atoms with Crippen LogP contribution in [-0.2, 0) is 0 Å². The Morgan fingerprint density at radius 1 is 0.677 bits per heavy atom. The zero-order chi connectivity index (χ0) is 21.6. The van der Waals surface area contributed by atoms with Crippen molar-refractivity contribution in [2.45, 2.75) is 6.04 Å². The molecule has 4 rings (SSSR count). The van der Waals surface area contributed by atoms with Crippen molar-refractivity contribution in [3.05, 3.63) is 102 Å². The molecule has 158 valence electrons. The molecule has 1 aliphatic rings. The number of nitrogens with one attached hydrogen (secondary N) is 1. The van der Waals surface area contributed by atoms with Gasteiger partial charge < -0.3 is 14.2 Å². The zero-order valence-electron chi connectivity index (χ0n) is 17.9. The van der Waals surface area contributed by atoms with Gasteiger partial charge in [-0.25, -0.2) is 0 Å². The molecule has 1 N–H and O–H groups in total. The molecule has 31 heavy (non-hydrogen) atoms. The number of benzene rings is 3. The van der Waals surface area contributed by atoms with E-state index in [0.717, 1.165) is 39.8 Å². The summed E-state index contributed by atoms with van der Waals surface area (Å²) >= 11 is 0. The zero-order valence-corrected chi connectivity index (χ0v) is 17.9. The maximum Gasteiger partial charge on any atom is 0.119 e. The molecular weight excluding hydrogens is 388 g/mol. The first kappa shape index (κ1) is 20.4. The SMILES string of the molecule is COc1ccc(C=CC2=CC(c3ccc(OC)cc3)N(c3ccc(OC)cc3)N2)cc1. The highest BCUT2D eigenvalue weighted by Crippen LogP contribution is 2.34. The third kappa shape index (κ3) is 4.67. The maximum atomic E-state index is 5.32. The summed E-state index contributed by atoms with van der Waals surface area (Å²) in [6.07, 6.45) is 6.38. The quantitative estimate of drug-likeness (QED) is 0.563. The number of anilines is 1. The smallest absolute Gasteiger partial charge is 0.119 e. The largest absolute Gasteiger partial charge is 0.497 e. The minimum absolute atomic E-state index is 0.0369. The lowest BCUT2D eigenvalue weighted by atomic mass is 10.1. The van der Waals surface area contributed by atoms with E-state index in [4.69, 9.17) is 14.2 Å². The Morgan fingerprint density at radius 3 is 1.74 bits per heavy atom. The van der Waals surface area contributed by atoms with Crippen molar-refractivity contribution in [1.82, 2.24) is 5.43 Å². The van der Waals surface area contributed by atoms with E-state index in [2.05, 4.69) is 40.8 Å². The molecule has 1 unspecified atom stereocenters. The van der Waals surface area contributed by atoms with Gasteiger partial charge in [0.25, 0.3) is 0 Å². The van der Waals surface area contributed by atoms with Gasteiger partial charge in [-0.05, 0) is 71.8 Å². The van der Waals surface area contributed by atoms with Crippen molar-refractivity contribution in [3.8, 4) is 17.2 Å². The topological polar surface area (TPSA) is 43.0 Å². The predicted octanol–water partition coefficient (Wildman–Crippen LogP) is 5.38. The molecule has 1 atom stereocenters. The molecule has 1 heterocycles. The summed E-state index contributed by atoms with van der Waals surface area (Å²) in [5.74, 6) is 2.52. The lowest BCUT2D eigenvalue weighted by Gasteiger charge is -2.27. The summed E-state index contributed by atoms with van der Waals surface area (Å²) in [5.41, 5.74) is 7.86. The number of methoxy groups -OCH3 is 3. The van der Waals surface area contributed by atoms with E-state index in [-0.39, 0.29) is 6.04 Å². The van der Waals surface area contributed by atoms with Crippen LogP contribution in [0.5, 0.6) is 17.2 Å². The van der Waals surface area contributed by atoms with Crippen LogP contribution in [0, 0.1) is 0 Å². The normalized spacial score (nSPS) is 15.5. The van der Waals surface area contributed by atoms with Crippen LogP contribution >= 0.6 is 0 Å². The molecule has 1 aliphatic heterocycles. The van der Waals surface area contributed by atoms with E-state index in [1.807, 2.05) is 60.7 Å². The molecular formula is C26H26N2O3. The highest BCUT2D eigenvalue weighted by molar-refractivity contribution is 5.59. The van der Waals surface area contributed by atoms with E-state index in [1.54, 1.807) is 21.3 Å². The van der Waals surface area contributed by atoms with Crippen molar-refractivity contribution in [1.29, 1.82) is 0 Å². The number of hydrogen-bond donors (Lipinski definition) is 1. The Hall–Kier alpha value is -3.86. The van der Waals surface area contributed by atoms with Crippen molar-refractivity contribution in [2.75, 3.05) is 26.3 Å². The maximum absolute atomic E-state index is 5.32. The Bertz CT molecular complexity index is 1060. The summed E-state index contributed by atoms with van der Waals surface area (Å²) < 4.78 is 15.9. The monoisotopic (exact) mass is 414 g/mol. The van der Waals surface area contributed by atoms with E-state index in [0.29, 0.717) is 0 Å². The first-order valence-electron chi connectivity index (χ1n) is 10.1. The second-order valence-corrected chi connectivity index (χ2v) is 7.13. The molecule has 0 spiro atoms. The second kappa shape index (κ2) is 9.30. The number of ether oxygens (including phenoxy) is 3. The predicted molar refractivity (Wildman–Crippen MR) is 124 cm³/mol. The summed E-state index contributed by atoms with van der Waals surface area (Å²) in [6, 6.07) is 24.2. The minimum atomic E-state index is 0.0369. The van der Waals surface area contributed by atoms with Gasteiger partial charge in [0.05, 0.1) is 38.8 Å². The standard InChI is InChI=1S/C26H26N2O3/c1-29-23-12-5-19(6-13-23)4-9-21-18-26(20-7-14-24(30-2)15-8-20)28(27-21)22-10-16-25(31-3)17-11-22/h4-18,26-27H,1-3H3. The summed E-state index contributed by atoms with van der Waals surface area (Å²) in [4.78, 5) is 0. The van der Waals surface area contributed by atoms with Crippen LogP contribution in [-0.4, -0.2) is 21.3 Å². The molecule has 5 nitrogen and oxygen atoms in total. The Kier molecular flexibility index (Phi) is 6.13. The molecule has 0 bridgehead atoms. The molecule has 0 aliphatic carbocycles. The fraction of sp³-hybridized carbons (Fsp3) is 0.154. The van der Waals surface area contributed by atoms with Gasteiger partial charge in [0.15, 0.2) is 0 Å². The number of rotatable bonds is 7. The van der Waals surface area contributed by atoms with E-state index in [1.165, 1.54) is 0 Å². The lowest BCUT2D eigenvalue weighted by Crippen LogP contribution is -2.34. The van der Waals surface area contributed by atoms with Gasteiger partial charge in [-0.1, -0.05) is 30.3 Å². The van der Waals surface area contributed by atoms with E-state index in [9.17, 15) is 0 Å². The van der Waals surface area contributed by atoms with Crippen LogP contribution < -0.4 is 24.6 Å². The van der Waals surface area contributed by atoms with Gasteiger partial charge >= 0.3 is 0 Å². The summed E-state index contributed by atoms with van der Waals surface area (Å²) in [6.45, 7) is 0. The van der Waals surface area contributed by atoms with Gasteiger partial charge in [-0.15, -0.1) is 0 Å². The number of hydrazine groups is 1. The molecule has 3 aromatic rings. The van der Waals surface area contributed by atoms with E-state index < -0.39 is 0 Å². The third-order valence-corrected chi connectivity index (χ3v) is 5.24. The molecule has 5 heteroatoms.